The van der Waals surface area contributed by atoms with Gasteiger partial charge in [0.25, 0.3) is 0 Å². The Hall–Kier alpha value is -1.65. The number of fused-ring (bicyclic) bond motifs is 1. The highest BCUT2D eigenvalue weighted by Crippen LogP contribution is 2.37. The van der Waals surface area contributed by atoms with Crippen LogP contribution in [0.4, 0.5) is 5.82 Å². The summed E-state index contributed by atoms with van der Waals surface area (Å²) in [7, 11) is 0. The molecule has 2 aromatic rings. The van der Waals surface area contributed by atoms with Gasteiger partial charge in [-0.2, -0.15) is 0 Å². The zero-order valence-electron chi connectivity index (χ0n) is 13.6. The summed E-state index contributed by atoms with van der Waals surface area (Å²) in [5, 5.41) is 12.0. The van der Waals surface area contributed by atoms with Crippen LogP contribution in [0.2, 0.25) is 0 Å². The average molecular weight is 312 g/mol. The summed E-state index contributed by atoms with van der Waals surface area (Å²) in [5.41, 5.74) is 0.379. The third-order valence-corrected chi connectivity index (χ3v) is 5.49. The van der Waals surface area contributed by atoms with Gasteiger partial charge in [0.15, 0.2) is 0 Å². The van der Waals surface area contributed by atoms with Gasteiger partial charge in [-0.25, -0.2) is 4.98 Å². The minimum absolute atomic E-state index is 0.145. The van der Waals surface area contributed by atoms with Gasteiger partial charge in [0.2, 0.25) is 0 Å². The van der Waals surface area contributed by atoms with Gasteiger partial charge in [0.1, 0.15) is 5.82 Å². The molecule has 0 amide bonds. The summed E-state index contributed by atoms with van der Waals surface area (Å²) in [4.78, 5) is 7.23. The molecule has 4 nitrogen and oxygen atoms in total. The van der Waals surface area contributed by atoms with Gasteiger partial charge < -0.3 is 14.7 Å². The van der Waals surface area contributed by atoms with Crippen molar-refractivity contribution < 1.29 is 9.84 Å². The lowest BCUT2D eigenvalue weighted by Gasteiger charge is -2.43. The van der Waals surface area contributed by atoms with Crippen molar-refractivity contribution in [3.05, 3.63) is 36.4 Å². The standard InChI is InChI=1S/C19H24N2O2/c1-19(22)10-12-23-13-15(19)17-7-4-11-21(17)18-9-8-14-5-2-3-6-16(14)20-18/h2-3,5-6,8-9,15,17,22H,4,7,10-13H2,1H3. The van der Waals surface area contributed by atoms with Crippen LogP contribution < -0.4 is 4.90 Å². The van der Waals surface area contributed by atoms with Crippen molar-refractivity contribution in [3.63, 3.8) is 0 Å². The van der Waals surface area contributed by atoms with Crippen LogP contribution in [0.5, 0.6) is 0 Å². The number of ether oxygens (including phenoxy) is 1. The molecule has 4 rings (SSSR count). The van der Waals surface area contributed by atoms with Gasteiger partial charge in [-0.3, -0.25) is 0 Å². The number of aromatic nitrogens is 1. The predicted molar refractivity (Wildman–Crippen MR) is 91.7 cm³/mol. The van der Waals surface area contributed by atoms with Crippen LogP contribution in [-0.4, -0.2) is 41.5 Å². The fourth-order valence-electron chi connectivity index (χ4n) is 4.09. The van der Waals surface area contributed by atoms with E-state index in [0.717, 1.165) is 30.7 Å². The molecule has 2 saturated heterocycles. The van der Waals surface area contributed by atoms with Crippen LogP contribution in [0.1, 0.15) is 26.2 Å². The Bertz CT molecular complexity index is 701. The molecule has 0 spiro atoms. The first-order chi connectivity index (χ1) is 11.1. The van der Waals surface area contributed by atoms with E-state index >= 15 is 0 Å². The summed E-state index contributed by atoms with van der Waals surface area (Å²) in [6.07, 6.45) is 2.96. The first kappa shape index (κ1) is 14.9. The van der Waals surface area contributed by atoms with Crippen molar-refractivity contribution in [3.8, 4) is 0 Å². The van der Waals surface area contributed by atoms with Crippen molar-refractivity contribution in [1.29, 1.82) is 0 Å². The zero-order chi connectivity index (χ0) is 15.9. The number of benzene rings is 1. The van der Waals surface area contributed by atoms with E-state index in [1.54, 1.807) is 0 Å². The second-order valence-corrected chi connectivity index (χ2v) is 7.05. The van der Waals surface area contributed by atoms with E-state index in [1.165, 1.54) is 5.39 Å². The number of aliphatic hydroxyl groups is 1. The molecule has 2 aliphatic heterocycles. The number of hydrogen-bond donors (Lipinski definition) is 1. The van der Waals surface area contributed by atoms with Crippen LogP contribution in [0.25, 0.3) is 10.9 Å². The highest BCUT2D eigenvalue weighted by atomic mass is 16.5. The highest BCUT2D eigenvalue weighted by Gasteiger charge is 2.44. The molecule has 0 saturated carbocycles. The maximum absolute atomic E-state index is 10.8. The monoisotopic (exact) mass is 312 g/mol. The molecule has 1 N–H and O–H groups in total. The molecule has 122 valence electrons. The number of rotatable bonds is 2. The molecule has 3 unspecified atom stereocenters. The van der Waals surface area contributed by atoms with E-state index < -0.39 is 5.60 Å². The topological polar surface area (TPSA) is 45.6 Å². The summed E-state index contributed by atoms with van der Waals surface area (Å²) in [6.45, 7) is 4.26. The number of anilines is 1. The molecular weight excluding hydrogens is 288 g/mol. The van der Waals surface area contributed by atoms with Crippen LogP contribution >= 0.6 is 0 Å². The van der Waals surface area contributed by atoms with Crippen LogP contribution in [-0.2, 0) is 4.74 Å². The largest absolute Gasteiger partial charge is 0.390 e. The average Bonchev–Trinajstić information content (AvgIpc) is 3.03. The summed E-state index contributed by atoms with van der Waals surface area (Å²) < 4.78 is 5.68. The molecule has 0 radical (unpaired) electrons. The van der Waals surface area contributed by atoms with Crippen molar-refractivity contribution in [2.24, 2.45) is 5.92 Å². The second kappa shape index (κ2) is 5.77. The predicted octanol–water partition coefficient (Wildman–Crippen LogP) is 2.99. The molecule has 1 aromatic heterocycles. The number of pyridine rings is 1. The molecule has 3 atom stereocenters. The molecule has 0 aliphatic carbocycles. The first-order valence-corrected chi connectivity index (χ1v) is 8.58. The maximum atomic E-state index is 10.8. The zero-order valence-corrected chi connectivity index (χ0v) is 13.6. The molecular formula is C19H24N2O2. The molecule has 2 fully saturated rings. The fraction of sp³-hybridized carbons (Fsp3) is 0.526. The molecule has 3 heterocycles. The SMILES string of the molecule is CC1(O)CCOCC1C1CCCN1c1ccc2ccccc2n1. The Morgan fingerprint density at radius 2 is 2.13 bits per heavy atom. The van der Waals surface area contributed by atoms with Gasteiger partial charge in [0.05, 0.1) is 17.7 Å². The van der Waals surface area contributed by atoms with Crippen molar-refractivity contribution >= 4 is 16.7 Å². The van der Waals surface area contributed by atoms with Crippen molar-refractivity contribution in [2.45, 2.75) is 37.8 Å². The molecule has 1 aromatic carbocycles. The van der Waals surface area contributed by atoms with Crippen LogP contribution in [0, 0.1) is 5.92 Å². The lowest BCUT2D eigenvalue weighted by atomic mass is 9.79. The molecule has 4 heteroatoms. The van der Waals surface area contributed by atoms with Crippen LogP contribution in [0.15, 0.2) is 36.4 Å². The highest BCUT2D eigenvalue weighted by molar-refractivity contribution is 5.80. The Kier molecular flexibility index (Phi) is 3.74. The van der Waals surface area contributed by atoms with Gasteiger partial charge in [-0.15, -0.1) is 0 Å². The number of hydrogen-bond acceptors (Lipinski definition) is 4. The first-order valence-electron chi connectivity index (χ1n) is 8.58. The number of para-hydroxylation sites is 1. The summed E-state index contributed by atoms with van der Waals surface area (Å²) >= 11 is 0. The van der Waals surface area contributed by atoms with E-state index in [4.69, 9.17) is 9.72 Å². The van der Waals surface area contributed by atoms with Gasteiger partial charge >= 0.3 is 0 Å². The summed E-state index contributed by atoms with van der Waals surface area (Å²) in [5.74, 6) is 1.17. The molecule has 23 heavy (non-hydrogen) atoms. The quantitative estimate of drug-likeness (QED) is 0.926. The van der Waals surface area contributed by atoms with E-state index in [2.05, 4.69) is 29.2 Å². The lowest BCUT2D eigenvalue weighted by molar-refractivity contribution is -0.108. The number of nitrogens with zero attached hydrogens (tertiary/aromatic N) is 2. The molecule has 0 bridgehead atoms. The van der Waals surface area contributed by atoms with E-state index in [1.807, 2.05) is 19.1 Å². The van der Waals surface area contributed by atoms with E-state index in [9.17, 15) is 5.11 Å². The Morgan fingerprint density at radius 3 is 3.00 bits per heavy atom. The fourth-order valence-corrected chi connectivity index (χ4v) is 4.09. The molecule has 2 aliphatic rings. The van der Waals surface area contributed by atoms with Gasteiger partial charge in [-0.05, 0) is 44.4 Å². The minimum Gasteiger partial charge on any atom is -0.390 e. The second-order valence-electron chi connectivity index (χ2n) is 7.05. The maximum Gasteiger partial charge on any atom is 0.129 e. The van der Waals surface area contributed by atoms with Crippen molar-refractivity contribution in [2.75, 3.05) is 24.7 Å². The van der Waals surface area contributed by atoms with Crippen molar-refractivity contribution in [1.82, 2.24) is 4.98 Å². The van der Waals surface area contributed by atoms with Gasteiger partial charge in [0, 0.05) is 30.5 Å². The minimum atomic E-state index is -0.650. The Labute approximate surface area is 137 Å². The van der Waals surface area contributed by atoms with Crippen LogP contribution in [0.3, 0.4) is 0 Å². The van der Waals surface area contributed by atoms with E-state index in [-0.39, 0.29) is 5.92 Å². The van der Waals surface area contributed by atoms with Gasteiger partial charge in [-0.1, -0.05) is 18.2 Å². The third-order valence-electron chi connectivity index (χ3n) is 5.49. The lowest BCUT2D eigenvalue weighted by Crippen LogP contribution is -2.52. The third kappa shape index (κ3) is 2.70. The van der Waals surface area contributed by atoms with E-state index in [0.29, 0.717) is 25.7 Å². The Morgan fingerprint density at radius 1 is 1.26 bits per heavy atom. The summed E-state index contributed by atoms with van der Waals surface area (Å²) in [6, 6.07) is 12.8. The normalized spacial score (nSPS) is 31.7. The smallest absolute Gasteiger partial charge is 0.129 e. The Balaban J connectivity index is 1.66.